The number of nitrogens with zero attached hydrogens (tertiary/aromatic N) is 1. The molecule has 2 fully saturated rings. The van der Waals surface area contributed by atoms with E-state index in [1.54, 1.807) is 12.1 Å². The number of anilines is 1. The molecule has 2 N–H and O–H groups in total. The molecule has 0 aliphatic carbocycles. The maximum absolute atomic E-state index is 13.7. The highest BCUT2D eigenvalue weighted by Crippen LogP contribution is 2.24. The van der Waals surface area contributed by atoms with Crippen molar-refractivity contribution in [1.82, 2.24) is 10.2 Å². The van der Waals surface area contributed by atoms with Crippen LogP contribution in [0.3, 0.4) is 0 Å². The van der Waals surface area contributed by atoms with Gasteiger partial charge in [0, 0.05) is 23.6 Å². The number of hydrogen-bond donors (Lipinski definition) is 2. The Bertz CT molecular complexity index is 546. The zero-order valence-electron chi connectivity index (χ0n) is 12.1. The van der Waals surface area contributed by atoms with E-state index in [-0.39, 0.29) is 24.0 Å². The second-order valence-corrected chi connectivity index (χ2v) is 6.72. The standard InChI is InChI=1S/C15H19BrFN3O.ClH/c16-11-1-2-14(12(17)7-11)19-15(21)9-20-6-4-13-10(8-20)3-5-18-13;/h1-2,7,10,13,18H,3-6,8-9H2,(H,19,21);1H. The van der Waals surface area contributed by atoms with Gasteiger partial charge in [0.15, 0.2) is 0 Å². The first-order valence-electron chi connectivity index (χ1n) is 7.32. The van der Waals surface area contributed by atoms with Crippen LogP contribution in [0.1, 0.15) is 12.8 Å². The first-order chi connectivity index (χ1) is 10.1. The van der Waals surface area contributed by atoms with E-state index in [9.17, 15) is 9.18 Å². The van der Waals surface area contributed by atoms with Crippen LogP contribution in [0.25, 0.3) is 0 Å². The second kappa shape index (κ2) is 7.73. The molecule has 1 amide bonds. The van der Waals surface area contributed by atoms with Crippen molar-refractivity contribution in [1.29, 1.82) is 0 Å². The molecule has 0 saturated carbocycles. The van der Waals surface area contributed by atoms with E-state index in [0.29, 0.717) is 23.0 Å². The topological polar surface area (TPSA) is 44.4 Å². The number of rotatable bonds is 3. The number of carbonyl (C=O) groups excluding carboxylic acids is 1. The van der Waals surface area contributed by atoms with Gasteiger partial charge in [-0.05, 0) is 43.5 Å². The molecule has 7 heteroatoms. The fourth-order valence-corrected chi connectivity index (χ4v) is 3.58. The van der Waals surface area contributed by atoms with Crippen molar-refractivity contribution >= 4 is 39.9 Å². The average molecular weight is 393 g/mol. The Morgan fingerprint density at radius 2 is 2.27 bits per heavy atom. The van der Waals surface area contributed by atoms with E-state index >= 15 is 0 Å². The van der Waals surface area contributed by atoms with Crippen molar-refractivity contribution in [3.8, 4) is 0 Å². The van der Waals surface area contributed by atoms with Crippen molar-refractivity contribution in [2.75, 3.05) is 31.5 Å². The molecule has 0 radical (unpaired) electrons. The van der Waals surface area contributed by atoms with E-state index in [0.717, 1.165) is 26.1 Å². The number of piperidine rings is 1. The molecule has 0 spiro atoms. The van der Waals surface area contributed by atoms with E-state index in [1.165, 1.54) is 12.5 Å². The van der Waals surface area contributed by atoms with Gasteiger partial charge >= 0.3 is 0 Å². The van der Waals surface area contributed by atoms with Crippen LogP contribution in [-0.2, 0) is 4.79 Å². The van der Waals surface area contributed by atoms with Gasteiger partial charge < -0.3 is 10.6 Å². The van der Waals surface area contributed by atoms with Crippen LogP contribution in [0.2, 0.25) is 0 Å². The third-order valence-corrected chi connectivity index (χ3v) is 4.81. The first kappa shape index (κ1) is 17.7. The highest BCUT2D eigenvalue weighted by atomic mass is 79.9. The molecule has 1 aromatic rings. The Labute approximate surface area is 144 Å². The molecular weight excluding hydrogens is 373 g/mol. The molecule has 1 aromatic carbocycles. The summed E-state index contributed by atoms with van der Waals surface area (Å²) >= 11 is 3.20. The van der Waals surface area contributed by atoms with Crippen molar-refractivity contribution < 1.29 is 9.18 Å². The second-order valence-electron chi connectivity index (χ2n) is 5.81. The van der Waals surface area contributed by atoms with Crippen molar-refractivity contribution in [2.24, 2.45) is 5.92 Å². The average Bonchev–Trinajstić information content (AvgIpc) is 2.89. The molecule has 2 aliphatic heterocycles. The number of fused-ring (bicyclic) bond motifs is 1. The monoisotopic (exact) mass is 391 g/mol. The predicted octanol–water partition coefficient (Wildman–Crippen LogP) is 2.63. The number of carbonyl (C=O) groups is 1. The molecule has 4 nitrogen and oxygen atoms in total. The minimum Gasteiger partial charge on any atom is -0.322 e. The van der Waals surface area contributed by atoms with Crippen LogP contribution in [0, 0.1) is 11.7 Å². The molecule has 3 rings (SSSR count). The lowest BCUT2D eigenvalue weighted by Gasteiger charge is -2.34. The molecule has 0 bridgehead atoms. The number of amides is 1. The molecule has 2 saturated heterocycles. The summed E-state index contributed by atoms with van der Waals surface area (Å²) in [4.78, 5) is 14.2. The quantitative estimate of drug-likeness (QED) is 0.831. The van der Waals surface area contributed by atoms with E-state index < -0.39 is 5.82 Å². The largest absolute Gasteiger partial charge is 0.322 e. The lowest BCUT2D eigenvalue weighted by molar-refractivity contribution is -0.117. The third kappa shape index (κ3) is 4.19. The third-order valence-electron chi connectivity index (χ3n) is 4.31. The van der Waals surface area contributed by atoms with Crippen molar-refractivity contribution in [3.05, 3.63) is 28.5 Å². The van der Waals surface area contributed by atoms with Crippen LogP contribution in [0.15, 0.2) is 22.7 Å². The number of nitrogens with one attached hydrogen (secondary N) is 2. The van der Waals surface area contributed by atoms with Gasteiger partial charge in [-0.25, -0.2) is 4.39 Å². The lowest BCUT2D eigenvalue weighted by Crippen LogP contribution is -2.46. The van der Waals surface area contributed by atoms with Crippen LogP contribution in [0.5, 0.6) is 0 Å². The van der Waals surface area contributed by atoms with E-state index in [1.807, 2.05) is 0 Å². The Hall–Kier alpha value is -0.690. The molecule has 2 unspecified atom stereocenters. The maximum atomic E-state index is 13.7. The van der Waals surface area contributed by atoms with Gasteiger partial charge in [-0.15, -0.1) is 12.4 Å². The van der Waals surface area contributed by atoms with Gasteiger partial charge in [-0.2, -0.15) is 0 Å². The summed E-state index contributed by atoms with van der Waals surface area (Å²) in [5.41, 5.74) is 0.237. The fourth-order valence-electron chi connectivity index (χ4n) is 3.25. The molecule has 2 atom stereocenters. The van der Waals surface area contributed by atoms with Crippen molar-refractivity contribution in [2.45, 2.75) is 18.9 Å². The Morgan fingerprint density at radius 1 is 1.45 bits per heavy atom. The predicted molar refractivity (Wildman–Crippen MR) is 90.9 cm³/mol. The number of likely N-dealkylation sites (tertiary alicyclic amines) is 1. The summed E-state index contributed by atoms with van der Waals surface area (Å²) in [5, 5.41) is 6.16. The van der Waals surface area contributed by atoms with Gasteiger partial charge in [-0.1, -0.05) is 15.9 Å². The zero-order chi connectivity index (χ0) is 14.8. The SMILES string of the molecule is Cl.O=C(CN1CCC2NCCC2C1)Nc1ccc(Br)cc1F. The van der Waals surface area contributed by atoms with Gasteiger partial charge in [-0.3, -0.25) is 9.69 Å². The Balaban J connectivity index is 0.00000176. The maximum Gasteiger partial charge on any atom is 0.238 e. The van der Waals surface area contributed by atoms with Gasteiger partial charge in [0.1, 0.15) is 5.82 Å². The zero-order valence-corrected chi connectivity index (χ0v) is 14.6. The van der Waals surface area contributed by atoms with Crippen LogP contribution in [0.4, 0.5) is 10.1 Å². The summed E-state index contributed by atoms with van der Waals surface area (Å²) in [5.74, 6) is 0.0769. The minimum atomic E-state index is -0.420. The van der Waals surface area contributed by atoms with Crippen LogP contribution >= 0.6 is 28.3 Å². The molecule has 22 heavy (non-hydrogen) atoms. The van der Waals surface area contributed by atoms with Crippen LogP contribution in [-0.4, -0.2) is 43.0 Å². The normalized spacial score (nSPS) is 24.5. The molecule has 122 valence electrons. The Kier molecular flexibility index (Phi) is 6.20. The molecule has 0 aromatic heterocycles. The van der Waals surface area contributed by atoms with Gasteiger partial charge in [0.2, 0.25) is 5.91 Å². The molecule has 2 heterocycles. The minimum absolute atomic E-state index is 0. The van der Waals surface area contributed by atoms with Crippen LogP contribution < -0.4 is 10.6 Å². The fraction of sp³-hybridized carbons (Fsp3) is 0.533. The number of halogens is 3. The van der Waals surface area contributed by atoms with E-state index in [2.05, 4.69) is 31.5 Å². The first-order valence-corrected chi connectivity index (χ1v) is 8.12. The van der Waals surface area contributed by atoms with E-state index in [4.69, 9.17) is 0 Å². The summed E-state index contributed by atoms with van der Waals surface area (Å²) in [6.07, 6.45) is 2.27. The number of benzene rings is 1. The highest BCUT2D eigenvalue weighted by molar-refractivity contribution is 9.10. The molecular formula is C15H20BrClFN3O. The summed E-state index contributed by atoms with van der Waals surface area (Å²) in [7, 11) is 0. The van der Waals surface area contributed by atoms with Gasteiger partial charge in [0.05, 0.1) is 12.2 Å². The smallest absolute Gasteiger partial charge is 0.238 e. The summed E-state index contributed by atoms with van der Waals surface area (Å²) in [6, 6.07) is 5.26. The highest BCUT2D eigenvalue weighted by Gasteiger charge is 2.32. The van der Waals surface area contributed by atoms with Crippen molar-refractivity contribution in [3.63, 3.8) is 0 Å². The lowest BCUT2D eigenvalue weighted by atomic mass is 9.93. The number of hydrogen-bond acceptors (Lipinski definition) is 3. The Morgan fingerprint density at radius 3 is 3.05 bits per heavy atom. The summed E-state index contributed by atoms with van der Waals surface area (Å²) in [6.45, 7) is 3.29. The summed E-state index contributed by atoms with van der Waals surface area (Å²) < 4.78 is 14.4. The van der Waals surface area contributed by atoms with Gasteiger partial charge in [0.25, 0.3) is 0 Å². The molecule has 2 aliphatic rings.